The summed E-state index contributed by atoms with van der Waals surface area (Å²) < 4.78 is 112. The second-order valence-corrected chi connectivity index (χ2v) is 10.2. The smallest absolute Gasteiger partial charge is 0.381 e. The van der Waals surface area contributed by atoms with Crippen LogP contribution in [0, 0.1) is 17.5 Å². The number of rotatable bonds is 10. The third-order valence-corrected chi connectivity index (χ3v) is 7.07. The SMILES string of the molecule is CC(C)N(C)Cc1cccc(F)c1CNc1cc(F)c(S(=O)(=O)N(OC(=O)C(F)(F)F)c2ccon2)c(F)c1. The number of alkyl halides is 3. The van der Waals surface area contributed by atoms with Crippen molar-refractivity contribution < 1.29 is 48.9 Å². The molecule has 16 heteroatoms. The fraction of sp³-hybridized carbons (Fsp3) is 0.304. The third-order valence-electron chi connectivity index (χ3n) is 5.47. The first kappa shape index (κ1) is 29.8. The third kappa shape index (κ3) is 6.81. The van der Waals surface area contributed by atoms with Crippen molar-refractivity contribution in [1.82, 2.24) is 10.1 Å². The van der Waals surface area contributed by atoms with E-state index in [1.807, 2.05) is 25.8 Å². The van der Waals surface area contributed by atoms with Gasteiger partial charge in [-0.3, -0.25) is 4.90 Å². The molecule has 1 N–H and O–H groups in total. The highest BCUT2D eigenvalue weighted by Crippen LogP contribution is 2.31. The summed E-state index contributed by atoms with van der Waals surface area (Å²) in [6.45, 7) is 3.99. The molecule has 0 saturated carbocycles. The van der Waals surface area contributed by atoms with E-state index in [2.05, 4.69) is 19.8 Å². The summed E-state index contributed by atoms with van der Waals surface area (Å²) >= 11 is 0. The molecule has 1 aromatic heterocycles. The van der Waals surface area contributed by atoms with Crippen LogP contribution in [-0.4, -0.2) is 43.7 Å². The number of hydrogen-bond acceptors (Lipinski definition) is 8. The fourth-order valence-electron chi connectivity index (χ4n) is 3.23. The fourth-order valence-corrected chi connectivity index (χ4v) is 4.51. The molecule has 0 bridgehead atoms. The maximum atomic E-state index is 15.0. The van der Waals surface area contributed by atoms with E-state index < -0.39 is 54.8 Å². The molecule has 39 heavy (non-hydrogen) atoms. The van der Waals surface area contributed by atoms with Crippen LogP contribution in [0.15, 0.2) is 52.1 Å². The molecule has 3 aromatic rings. The summed E-state index contributed by atoms with van der Waals surface area (Å²) in [5.74, 6) is -8.11. The van der Waals surface area contributed by atoms with Gasteiger partial charge in [-0.15, -0.1) is 0 Å². The van der Waals surface area contributed by atoms with Gasteiger partial charge in [0.25, 0.3) is 0 Å². The van der Waals surface area contributed by atoms with E-state index in [1.165, 1.54) is 12.1 Å². The molecule has 0 radical (unpaired) electrons. The van der Waals surface area contributed by atoms with Crippen molar-refractivity contribution in [3.8, 4) is 0 Å². The zero-order valence-corrected chi connectivity index (χ0v) is 21.4. The Morgan fingerprint density at radius 1 is 1.10 bits per heavy atom. The molecule has 0 aliphatic heterocycles. The second kappa shape index (κ2) is 11.5. The molecule has 0 amide bonds. The van der Waals surface area contributed by atoms with Gasteiger partial charge in [-0.1, -0.05) is 21.8 Å². The summed E-state index contributed by atoms with van der Waals surface area (Å²) in [6.07, 6.45) is -4.94. The largest absolute Gasteiger partial charge is 0.493 e. The number of aromatic nitrogens is 1. The molecule has 3 rings (SSSR count). The first-order chi connectivity index (χ1) is 18.1. The van der Waals surface area contributed by atoms with Crippen molar-refractivity contribution in [1.29, 1.82) is 0 Å². The molecule has 0 unspecified atom stereocenters. The maximum absolute atomic E-state index is 15.0. The average molecular weight is 581 g/mol. The van der Waals surface area contributed by atoms with Crippen LogP contribution in [0.3, 0.4) is 0 Å². The van der Waals surface area contributed by atoms with Gasteiger partial charge in [0, 0.05) is 36.4 Å². The monoisotopic (exact) mass is 580 g/mol. The number of anilines is 2. The highest BCUT2D eigenvalue weighted by atomic mass is 32.2. The van der Waals surface area contributed by atoms with E-state index in [1.54, 1.807) is 6.07 Å². The number of nitrogens with one attached hydrogen (secondary N) is 1. The minimum atomic E-state index is -5.65. The molecule has 0 aliphatic rings. The lowest BCUT2D eigenvalue weighted by atomic mass is 10.1. The molecule has 2 aromatic carbocycles. The Labute approximate surface area is 218 Å². The molecule has 0 spiro atoms. The molecular formula is C23H22F6N4O5S. The zero-order valence-electron chi connectivity index (χ0n) is 20.6. The molecule has 1 heterocycles. The number of carbonyl (C=O) groups excluding carboxylic acids is 1. The summed E-state index contributed by atoms with van der Waals surface area (Å²) in [5.41, 5.74) is 0.475. The van der Waals surface area contributed by atoms with E-state index in [0.29, 0.717) is 30.3 Å². The van der Waals surface area contributed by atoms with Gasteiger partial charge in [-0.25, -0.2) is 18.0 Å². The lowest BCUT2D eigenvalue weighted by Gasteiger charge is -2.23. The van der Waals surface area contributed by atoms with Crippen molar-refractivity contribution >= 4 is 27.5 Å². The van der Waals surface area contributed by atoms with Gasteiger partial charge in [-0.2, -0.15) is 21.6 Å². The maximum Gasteiger partial charge on any atom is 0.493 e. The van der Waals surface area contributed by atoms with Crippen LogP contribution in [0.2, 0.25) is 0 Å². The molecular weight excluding hydrogens is 558 g/mol. The number of halogens is 6. The van der Waals surface area contributed by atoms with Crippen LogP contribution in [-0.2, 0) is 32.7 Å². The van der Waals surface area contributed by atoms with E-state index >= 15 is 0 Å². The van der Waals surface area contributed by atoms with Gasteiger partial charge in [0.05, 0.1) is 0 Å². The van der Waals surface area contributed by atoms with Gasteiger partial charge in [-0.05, 0) is 44.7 Å². The molecule has 9 nitrogen and oxygen atoms in total. The first-order valence-corrected chi connectivity index (χ1v) is 12.5. The summed E-state index contributed by atoms with van der Waals surface area (Å²) in [7, 11) is -3.81. The summed E-state index contributed by atoms with van der Waals surface area (Å²) in [6, 6.07) is 6.26. The van der Waals surface area contributed by atoms with Crippen LogP contribution >= 0.6 is 0 Å². The van der Waals surface area contributed by atoms with Crippen molar-refractivity contribution in [3.63, 3.8) is 0 Å². The van der Waals surface area contributed by atoms with Crippen molar-refractivity contribution in [3.05, 3.63) is 71.2 Å². The predicted molar refractivity (Wildman–Crippen MR) is 125 cm³/mol. The Balaban J connectivity index is 1.92. The molecule has 0 fully saturated rings. The van der Waals surface area contributed by atoms with Crippen molar-refractivity contribution in [2.45, 2.75) is 44.1 Å². The van der Waals surface area contributed by atoms with Gasteiger partial charge < -0.3 is 14.7 Å². The minimum Gasteiger partial charge on any atom is -0.381 e. The topological polar surface area (TPSA) is 105 Å². The lowest BCUT2D eigenvalue weighted by molar-refractivity contribution is -0.199. The van der Waals surface area contributed by atoms with Crippen LogP contribution in [0.25, 0.3) is 0 Å². The zero-order chi connectivity index (χ0) is 29.1. The summed E-state index contributed by atoms with van der Waals surface area (Å²) in [4.78, 5) is 15.4. The van der Waals surface area contributed by atoms with Crippen LogP contribution in [0.1, 0.15) is 25.0 Å². The Morgan fingerprint density at radius 2 is 1.74 bits per heavy atom. The minimum absolute atomic E-state index is 0.138. The molecule has 212 valence electrons. The van der Waals surface area contributed by atoms with Gasteiger partial charge >= 0.3 is 22.2 Å². The highest BCUT2D eigenvalue weighted by molar-refractivity contribution is 7.92. The number of sulfonamides is 1. The van der Waals surface area contributed by atoms with Gasteiger partial charge in [0.15, 0.2) is 4.90 Å². The highest BCUT2D eigenvalue weighted by Gasteiger charge is 2.46. The van der Waals surface area contributed by atoms with E-state index in [0.717, 1.165) is 6.26 Å². The molecule has 0 atom stereocenters. The molecule has 0 saturated heterocycles. The average Bonchev–Trinajstić information content (AvgIpc) is 3.35. The second-order valence-electron chi connectivity index (χ2n) is 8.48. The Hall–Kier alpha value is -3.79. The quantitative estimate of drug-likeness (QED) is 0.271. The number of hydrogen-bond donors (Lipinski definition) is 1. The van der Waals surface area contributed by atoms with E-state index in [4.69, 9.17) is 0 Å². The lowest BCUT2D eigenvalue weighted by Crippen LogP contribution is -2.39. The number of benzene rings is 2. The van der Waals surface area contributed by atoms with E-state index in [9.17, 15) is 39.6 Å². The Bertz CT molecular complexity index is 1410. The number of carbonyl (C=O) groups is 1. The first-order valence-electron chi connectivity index (χ1n) is 11.1. The van der Waals surface area contributed by atoms with Crippen molar-refractivity contribution in [2.24, 2.45) is 0 Å². The predicted octanol–water partition coefficient (Wildman–Crippen LogP) is 4.76. The number of nitrogens with zero attached hydrogens (tertiary/aromatic N) is 3. The van der Waals surface area contributed by atoms with Gasteiger partial charge in [0.1, 0.15) is 23.7 Å². The van der Waals surface area contributed by atoms with Crippen molar-refractivity contribution in [2.75, 3.05) is 16.8 Å². The van der Waals surface area contributed by atoms with Crippen LogP contribution in [0.5, 0.6) is 0 Å². The Morgan fingerprint density at radius 3 is 2.28 bits per heavy atom. The van der Waals surface area contributed by atoms with E-state index in [-0.39, 0.29) is 23.8 Å². The summed E-state index contributed by atoms with van der Waals surface area (Å²) in [5, 5.41) is 5.67. The normalized spacial score (nSPS) is 12.2. The Kier molecular flexibility index (Phi) is 8.80. The standard InChI is InChI=1S/C23H22F6N4O5S/c1-13(2)32(3)12-14-5-4-6-17(24)16(14)11-30-15-9-18(25)21(19(26)10-15)39(35,36)33(20-7-8-37-31-20)38-22(34)23(27,28)29/h4-10,13,30H,11-12H2,1-3H3. The molecule has 0 aliphatic carbocycles. The van der Waals surface area contributed by atoms with Crippen LogP contribution < -0.4 is 9.79 Å². The van der Waals surface area contributed by atoms with Crippen LogP contribution in [0.4, 0.5) is 37.8 Å². The van der Waals surface area contributed by atoms with Gasteiger partial charge in [0.2, 0.25) is 5.82 Å².